The largest absolute Gasteiger partial charge is 0.480 e. The Kier molecular flexibility index (Phi) is 6.25. The highest BCUT2D eigenvalue weighted by Gasteiger charge is 2.17. The number of halogens is 2. The van der Waals surface area contributed by atoms with Crippen molar-refractivity contribution in [1.82, 2.24) is 0 Å². The Morgan fingerprint density at radius 1 is 1.23 bits per heavy atom. The molecule has 9 heteroatoms. The van der Waals surface area contributed by atoms with E-state index in [0.29, 0.717) is 27.2 Å². The van der Waals surface area contributed by atoms with Crippen LogP contribution in [0.2, 0.25) is 0 Å². The number of carbonyl (C=O) groups is 1. The van der Waals surface area contributed by atoms with Gasteiger partial charge < -0.3 is 10.1 Å². The number of rotatable bonds is 6. The normalized spacial score (nSPS) is 12.3. The van der Waals surface area contributed by atoms with Gasteiger partial charge in [0.05, 0.1) is 16.4 Å². The molecule has 0 aliphatic heterocycles. The van der Waals surface area contributed by atoms with Crippen LogP contribution in [0.1, 0.15) is 12.5 Å². The summed E-state index contributed by atoms with van der Waals surface area (Å²) in [6.07, 6.45) is 0.193. The first-order valence-electron chi connectivity index (χ1n) is 7.56. The van der Waals surface area contributed by atoms with E-state index in [0.717, 1.165) is 6.26 Å². The third-order valence-electron chi connectivity index (χ3n) is 3.37. The quantitative estimate of drug-likeness (QED) is 0.711. The van der Waals surface area contributed by atoms with Crippen LogP contribution in [0.4, 0.5) is 15.8 Å². The van der Waals surface area contributed by atoms with Gasteiger partial charge in [-0.2, -0.15) is 0 Å². The van der Waals surface area contributed by atoms with Gasteiger partial charge in [0.2, 0.25) is 10.0 Å². The lowest BCUT2D eigenvalue weighted by Gasteiger charge is -2.16. The number of nitrogens with one attached hydrogen (secondary N) is 2. The molecule has 0 aromatic heterocycles. The standard InChI is InChI=1S/C17H18BrFN2O4S/c1-10-4-6-13(9-15(10)21-26(3,23)24)20-17(22)11(2)25-16-7-5-12(19)8-14(16)18/h4-9,11,21H,1-3H3,(H,20,22). The summed E-state index contributed by atoms with van der Waals surface area (Å²) in [4.78, 5) is 12.3. The summed E-state index contributed by atoms with van der Waals surface area (Å²) in [5.41, 5.74) is 1.51. The minimum atomic E-state index is -3.43. The molecular weight excluding hydrogens is 427 g/mol. The fourth-order valence-corrected chi connectivity index (χ4v) is 3.13. The lowest BCUT2D eigenvalue weighted by atomic mass is 10.2. The molecule has 0 fully saturated rings. The average Bonchev–Trinajstić information content (AvgIpc) is 2.51. The number of amides is 1. The topological polar surface area (TPSA) is 84.5 Å². The van der Waals surface area contributed by atoms with E-state index in [9.17, 15) is 17.6 Å². The maximum atomic E-state index is 13.1. The Labute approximate surface area is 159 Å². The third-order valence-corrected chi connectivity index (χ3v) is 4.58. The molecule has 0 spiro atoms. The van der Waals surface area contributed by atoms with Crippen molar-refractivity contribution in [2.45, 2.75) is 20.0 Å². The van der Waals surface area contributed by atoms with Gasteiger partial charge in [-0.25, -0.2) is 12.8 Å². The van der Waals surface area contributed by atoms with E-state index in [1.165, 1.54) is 24.3 Å². The first kappa shape index (κ1) is 20.2. The Morgan fingerprint density at radius 2 is 1.92 bits per heavy atom. The monoisotopic (exact) mass is 444 g/mol. The Morgan fingerprint density at radius 3 is 2.54 bits per heavy atom. The smallest absolute Gasteiger partial charge is 0.265 e. The van der Waals surface area contributed by atoms with Crippen molar-refractivity contribution >= 4 is 43.2 Å². The molecule has 2 rings (SSSR count). The van der Waals surface area contributed by atoms with E-state index < -0.39 is 27.9 Å². The van der Waals surface area contributed by atoms with Gasteiger partial charge in [0.25, 0.3) is 5.91 Å². The zero-order chi connectivity index (χ0) is 19.5. The summed E-state index contributed by atoms with van der Waals surface area (Å²) in [6, 6.07) is 8.75. The maximum Gasteiger partial charge on any atom is 0.265 e. The van der Waals surface area contributed by atoms with Crippen molar-refractivity contribution in [3.8, 4) is 5.75 Å². The van der Waals surface area contributed by atoms with Gasteiger partial charge in [-0.3, -0.25) is 9.52 Å². The molecule has 2 aromatic rings. The van der Waals surface area contributed by atoms with E-state index >= 15 is 0 Å². The van der Waals surface area contributed by atoms with Crippen molar-refractivity contribution in [2.24, 2.45) is 0 Å². The number of anilines is 2. The van der Waals surface area contributed by atoms with Crippen LogP contribution in [0.5, 0.6) is 5.75 Å². The second kappa shape index (κ2) is 8.05. The molecule has 0 saturated heterocycles. The molecule has 1 unspecified atom stereocenters. The summed E-state index contributed by atoms with van der Waals surface area (Å²) in [6.45, 7) is 3.30. The molecule has 140 valence electrons. The third kappa shape index (κ3) is 5.70. The summed E-state index contributed by atoms with van der Waals surface area (Å²) in [7, 11) is -3.43. The number of sulfonamides is 1. The molecule has 2 N–H and O–H groups in total. The molecule has 26 heavy (non-hydrogen) atoms. The molecule has 0 radical (unpaired) electrons. The second-order valence-electron chi connectivity index (χ2n) is 5.73. The first-order valence-corrected chi connectivity index (χ1v) is 10.2. The Balaban J connectivity index is 2.10. The maximum absolute atomic E-state index is 13.1. The molecule has 1 amide bonds. The molecule has 0 heterocycles. The summed E-state index contributed by atoms with van der Waals surface area (Å²) in [5, 5.41) is 2.66. The number of ether oxygens (including phenoxy) is 1. The molecule has 0 saturated carbocycles. The van der Waals surface area contributed by atoms with Crippen LogP contribution in [0.15, 0.2) is 40.9 Å². The zero-order valence-corrected chi connectivity index (χ0v) is 16.7. The van der Waals surface area contributed by atoms with Crippen LogP contribution >= 0.6 is 15.9 Å². The van der Waals surface area contributed by atoms with Crippen LogP contribution in [0.3, 0.4) is 0 Å². The van der Waals surface area contributed by atoms with Crippen LogP contribution < -0.4 is 14.8 Å². The number of carbonyl (C=O) groups excluding carboxylic acids is 1. The van der Waals surface area contributed by atoms with E-state index in [1.807, 2.05) is 0 Å². The van der Waals surface area contributed by atoms with Crippen molar-refractivity contribution in [2.75, 3.05) is 16.3 Å². The number of hydrogen-bond acceptors (Lipinski definition) is 4. The number of aryl methyl sites for hydroxylation is 1. The van der Waals surface area contributed by atoms with E-state index in [1.54, 1.807) is 26.0 Å². The lowest BCUT2D eigenvalue weighted by molar-refractivity contribution is -0.122. The summed E-state index contributed by atoms with van der Waals surface area (Å²) < 4.78 is 44.2. The average molecular weight is 445 g/mol. The van der Waals surface area contributed by atoms with Gasteiger partial charge in [0.1, 0.15) is 11.6 Å². The van der Waals surface area contributed by atoms with E-state index in [4.69, 9.17) is 4.74 Å². The summed E-state index contributed by atoms with van der Waals surface area (Å²) in [5.74, 6) is -0.528. The first-order chi connectivity index (χ1) is 12.0. The molecule has 0 bridgehead atoms. The van der Waals surface area contributed by atoms with Crippen molar-refractivity contribution < 1.29 is 22.3 Å². The number of benzene rings is 2. The van der Waals surface area contributed by atoms with Crippen molar-refractivity contribution in [3.05, 3.63) is 52.3 Å². The highest BCUT2D eigenvalue weighted by Crippen LogP contribution is 2.27. The molecule has 0 aliphatic carbocycles. The predicted octanol–water partition coefficient (Wildman–Crippen LogP) is 3.67. The SMILES string of the molecule is Cc1ccc(NC(=O)C(C)Oc2ccc(F)cc2Br)cc1NS(C)(=O)=O. The van der Waals surface area contributed by atoms with Crippen LogP contribution in [0.25, 0.3) is 0 Å². The molecule has 1 atom stereocenters. The minimum absolute atomic E-state index is 0.331. The highest BCUT2D eigenvalue weighted by atomic mass is 79.9. The minimum Gasteiger partial charge on any atom is -0.480 e. The fourth-order valence-electron chi connectivity index (χ4n) is 2.07. The molecule has 0 aliphatic rings. The molecule has 6 nitrogen and oxygen atoms in total. The lowest BCUT2D eigenvalue weighted by Crippen LogP contribution is -2.30. The van der Waals surface area contributed by atoms with Crippen LogP contribution in [-0.2, 0) is 14.8 Å². The van der Waals surface area contributed by atoms with Crippen molar-refractivity contribution in [1.29, 1.82) is 0 Å². The van der Waals surface area contributed by atoms with Gasteiger partial charge in [0, 0.05) is 5.69 Å². The van der Waals surface area contributed by atoms with Crippen LogP contribution in [0, 0.1) is 12.7 Å². The number of hydrogen-bond donors (Lipinski definition) is 2. The van der Waals surface area contributed by atoms with Gasteiger partial charge in [-0.05, 0) is 65.7 Å². The van der Waals surface area contributed by atoms with Gasteiger partial charge in [-0.15, -0.1) is 0 Å². The van der Waals surface area contributed by atoms with E-state index in [-0.39, 0.29) is 0 Å². The van der Waals surface area contributed by atoms with Crippen molar-refractivity contribution in [3.63, 3.8) is 0 Å². The molecular formula is C17H18BrFN2O4S. The van der Waals surface area contributed by atoms with E-state index in [2.05, 4.69) is 26.0 Å². The Bertz CT molecular complexity index is 934. The van der Waals surface area contributed by atoms with Gasteiger partial charge in [-0.1, -0.05) is 6.07 Å². The second-order valence-corrected chi connectivity index (χ2v) is 8.33. The van der Waals surface area contributed by atoms with Gasteiger partial charge in [0.15, 0.2) is 6.10 Å². The highest BCUT2D eigenvalue weighted by molar-refractivity contribution is 9.10. The fraction of sp³-hybridized carbons (Fsp3) is 0.235. The summed E-state index contributed by atoms with van der Waals surface area (Å²) >= 11 is 3.18. The predicted molar refractivity (Wildman–Crippen MR) is 102 cm³/mol. The van der Waals surface area contributed by atoms with Crippen LogP contribution in [-0.4, -0.2) is 26.7 Å². The van der Waals surface area contributed by atoms with Gasteiger partial charge >= 0.3 is 0 Å². The Hall–Kier alpha value is -2.13. The zero-order valence-electron chi connectivity index (χ0n) is 14.3. The molecule has 2 aromatic carbocycles.